The second-order valence-electron chi connectivity index (χ2n) is 9.18. The summed E-state index contributed by atoms with van der Waals surface area (Å²) in [6, 6.07) is 22.4. The summed E-state index contributed by atoms with van der Waals surface area (Å²) in [6.07, 6.45) is 3.51. The molecule has 4 N–H and O–H groups in total. The number of hydrogen-bond donors (Lipinski definition) is 3. The van der Waals surface area contributed by atoms with E-state index >= 15 is 0 Å². The van der Waals surface area contributed by atoms with Gasteiger partial charge in [0.1, 0.15) is 18.0 Å². The number of hydrogen-bond acceptors (Lipinski definition) is 8. The van der Waals surface area contributed by atoms with Crippen LogP contribution in [0.1, 0.15) is 33.8 Å². The summed E-state index contributed by atoms with van der Waals surface area (Å²) in [5.74, 6) is -0.659. The van der Waals surface area contributed by atoms with Crippen molar-refractivity contribution in [1.82, 2.24) is 20.6 Å². The minimum atomic E-state index is -0.476. The second kappa shape index (κ2) is 14.9. The van der Waals surface area contributed by atoms with Crippen LogP contribution in [-0.4, -0.2) is 73.7 Å². The van der Waals surface area contributed by atoms with Crippen LogP contribution in [0.25, 0.3) is 11.1 Å². The molecular formula is C30H35N6O4. The molecule has 1 radical (unpaired) electrons. The van der Waals surface area contributed by atoms with Crippen molar-refractivity contribution < 1.29 is 19.1 Å². The van der Waals surface area contributed by atoms with Crippen LogP contribution in [0.5, 0.6) is 0 Å². The molecule has 0 aliphatic carbocycles. The van der Waals surface area contributed by atoms with Gasteiger partial charge in [-0.2, -0.15) is 0 Å². The number of Topliss-reactive ketones (excluding diaryl/α,β-unsaturated/α-hetero) is 1. The highest BCUT2D eigenvalue weighted by Crippen LogP contribution is 2.33. The van der Waals surface area contributed by atoms with Crippen LogP contribution < -0.4 is 21.4 Å². The summed E-state index contributed by atoms with van der Waals surface area (Å²) in [4.78, 5) is 42.3. The van der Waals surface area contributed by atoms with E-state index in [4.69, 9.17) is 10.5 Å². The third-order valence-electron chi connectivity index (χ3n) is 6.34. The molecule has 10 nitrogen and oxygen atoms in total. The standard InChI is InChI=1S/C30H35N6O4/c31-16-17-33-29(38)26-14-9-13-25(34-26)28(37)22-32-18-21-40-30(39)36(35-19-7-2-8-20-35)27-15-6-5-12-24(27)23-10-3-1-4-11-23/h1-6,9-15,32H,7-8,16-22,31H2,(H,33,38). The quantitative estimate of drug-likeness (QED) is 0.235. The third-order valence-corrected chi connectivity index (χ3v) is 6.34. The number of benzene rings is 2. The number of hydrazine groups is 1. The molecular weight excluding hydrogens is 508 g/mol. The van der Waals surface area contributed by atoms with Crippen molar-refractivity contribution in [2.24, 2.45) is 5.73 Å². The Kier molecular flexibility index (Phi) is 10.7. The third kappa shape index (κ3) is 7.72. The van der Waals surface area contributed by atoms with Gasteiger partial charge in [0.15, 0.2) is 5.78 Å². The molecule has 40 heavy (non-hydrogen) atoms. The predicted octanol–water partition coefficient (Wildman–Crippen LogP) is 3.07. The van der Waals surface area contributed by atoms with Gasteiger partial charge in [-0.3, -0.25) is 9.59 Å². The average Bonchev–Trinajstić information content (AvgIpc) is 3.01. The normalized spacial score (nSPS) is 13.4. The molecule has 0 spiro atoms. The lowest BCUT2D eigenvalue weighted by molar-refractivity contribution is 0.0949. The second-order valence-corrected chi connectivity index (χ2v) is 9.18. The number of rotatable bonds is 12. The van der Waals surface area contributed by atoms with Crippen molar-refractivity contribution >= 4 is 23.5 Å². The minimum Gasteiger partial charge on any atom is -0.447 e. The molecule has 1 aliphatic heterocycles. The number of anilines is 1. The van der Waals surface area contributed by atoms with Gasteiger partial charge in [-0.15, -0.1) is 0 Å². The zero-order chi connectivity index (χ0) is 28.2. The Balaban J connectivity index is 1.35. The van der Waals surface area contributed by atoms with Crippen molar-refractivity contribution in [3.05, 3.63) is 90.6 Å². The highest BCUT2D eigenvalue weighted by molar-refractivity contribution is 5.98. The largest absolute Gasteiger partial charge is 0.447 e. The number of nitrogens with zero attached hydrogens (tertiary/aromatic N) is 3. The molecule has 209 valence electrons. The van der Waals surface area contributed by atoms with Crippen molar-refractivity contribution in [3.8, 4) is 11.1 Å². The molecule has 1 aliphatic rings. The molecule has 0 bridgehead atoms. The van der Waals surface area contributed by atoms with Gasteiger partial charge in [-0.25, -0.2) is 19.8 Å². The summed E-state index contributed by atoms with van der Waals surface area (Å²) in [7, 11) is 0. The monoisotopic (exact) mass is 543 g/mol. The maximum atomic E-state index is 13.4. The lowest BCUT2D eigenvalue weighted by Gasteiger charge is -2.37. The summed E-state index contributed by atoms with van der Waals surface area (Å²) in [6.45, 7) is 2.39. The average molecular weight is 544 g/mol. The fraction of sp³-hybridized carbons (Fsp3) is 0.300. The van der Waals surface area contributed by atoms with Gasteiger partial charge in [0.25, 0.3) is 5.91 Å². The Morgan fingerprint density at radius 1 is 0.900 bits per heavy atom. The van der Waals surface area contributed by atoms with E-state index in [2.05, 4.69) is 22.0 Å². The topological polar surface area (TPSA) is 130 Å². The SMILES string of the molecule is NCCNC(=O)c1cccc(C(=O)CNCCOC(=O)N(c2ccccc2-c2ccccc2)N2CC[CH]CC2)n1. The maximum absolute atomic E-state index is 13.4. The Morgan fingerprint density at radius 2 is 1.62 bits per heavy atom. The van der Waals surface area contributed by atoms with E-state index in [1.54, 1.807) is 17.1 Å². The molecule has 0 unspecified atom stereocenters. The van der Waals surface area contributed by atoms with Crippen LogP contribution in [0.4, 0.5) is 10.5 Å². The molecule has 4 rings (SSSR count). The smallest absolute Gasteiger partial charge is 0.429 e. The van der Waals surface area contributed by atoms with E-state index in [1.165, 1.54) is 6.07 Å². The molecule has 1 fully saturated rings. The van der Waals surface area contributed by atoms with E-state index in [9.17, 15) is 14.4 Å². The number of aromatic nitrogens is 1. The van der Waals surface area contributed by atoms with Gasteiger partial charge in [0.2, 0.25) is 0 Å². The van der Waals surface area contributed by atoms with E-state index in [-0.39, 0.29) is 42.8 Å². The van der Waals surface area contributed by atoms with Crippen molar-refractivity contribution in [1.29, 1.82) is 0 Å². The summed E-state index contributed by atoms with van der Waals surface area (Å²) in [5, 5.41) is 9.28. The maximum Gasteiger partial charge on any atom is 0.429 e. The first kappa shape index (κ1) is 28.9. The van der Waals surface area contributed by atoms with E-state index in [0.717, 1.165) is 29.7 Å². The van der Waals surface area contributed by atoms with Crippen LogP contribution in [0.2, 0.25) is 0 Å². The minimum absolute atomic E-state index is 0.0130. The summed E-state index contributed by atoms with van der Waals surface area (Å²) < 4.78 is 5.66. The van der Waals surface area contributed by atoms with Crippen molar-refractivity contribution in [2.75, 3.05) is 50.9 Å². The van der Waals surface area contributed by atoms with Crippen molar-refractivity contribution in [2.45, 2.75) is 12.8 Å². The van der Waals surface area contributed by atoms with Gasteiger partial charge in [0, 0.05) is 38.3 Å². The summed E-state index contributed by atoms with van der Waals surface area (Å²) >= 11 is 0. The number of nitrogens with two attached hydrogens (primary N) is 1. The number of carbonyl (C=O) groups is 3. The van der Waals surface area contributed by atoms with Crippen molar-refractivity contribution in [3.63, 3.8) is 0 Å². The molecule has 0 saturated carbocycles. The van der Waals surface area contributed by atoms with E-state index in [1.807, 2.05) is 59.6 Å². The Hall–Kier alpha value is -4.12. The first-order valence-electron chi connectivity index (χ1n) is 13.5. The van der Waals surface area contributed by atoms with E-state index < -0.39 is 6.09 Å². The fourth-order valence-corrected chi connectivity index (χ4v) is 4.38. The number of carbonyl (C=O) groups excluding carboxylic acids is 3. The molecule has 2 amide bonds. The van der Waals surface area contributed by atoms with Crippen LogP contribution in [-0.2, 0) is 4.74 Å². The molecule has 1 aromatic heterocycles. The van der Waals surface area contributed by atoms with Gasteiger partial charge >= 0.3 is 6.09 Å². The zero-order valence-electron chi connectivity index (χ0n) is 22.4. The first-order valence-corrected chi connectivity index (χ1v) is 13.5. The number of piperidine rings is 1. The molecule has 0 atom stereocenters. The number of para-hydroxylation sites is 1. The molecule has 10 heteroatoms. The lowest BCUT2D eigenvalue weighted by Crippen LogP contribution is -2.50. The molecule has 1 saturated heterocycles. The predicted molar refractivity (Wildman–Crippen MR) is 154 cm³/mol. The molecule has 2 aromatic carbocycles. The van der Waals surface area contributed by atoms with Gasteiger partial charge in [-0.05, 0) is 43.0 Å². The Morgan fingerprint density at radius 3 is 2.40 bits per heavy atom. The highest BCUT2D eigenvalue weighted by atomic mass is 16.6. The van der Waals surface area contributed by atoms with Gasteiger partial charge in [0.05, 0.1) is 12.2 Å². The highest BCUT2D eigenvalue weighted by Gasteiger charge is 2.28. The summed E-state index contributed by atoms with van der Waals surface area (Å²) in [5.41, 5.74) is 8.44. The Bertz CT molecular complexity index is 1280. The fourth-order valence-electron chi connectivity index (χ4n) is 4.38. The van der Waals surface area contributed by atoms with E-state index in [0.29, 0.717) is 26.2 Å². The van der Waals surface area contributed by atoms with Crippen LogP contribution in [0, 0.1) is 6.42 Å². The van der Waals surface area contributed by atoms with Gasteiger partial charge < -0.3 is 21.1 Å². The number of nitrogens with one attached hydrogen (secondary N) is 2. The number of ketones is 1. The van der Waals surface area contributed by atoms with Gasteiger partial charge in [-0.1, -0.05) is 54.6 Å². The van der Waals surface area contributed by atoms with Crippen LogP contribution >= 0.6 is 0 Å². The number of amides is 2. The molecule has 2 heterocycles. The Labute approximate surface area is 234 Å². The first-order chi connectivity index (χ1) is 19.6. The lowest BCUT2D eigenvalue weighted by atomic mass is 10.0. The van der Waals surface area contributed by atoms with Crippen LogP contribution in [0.3, 0.4) is 0 Å². The van der Waals surface area contributed by atoms with Crippen LogP contribution in [0.15, 0.2) is 72.8 Å². The molecule has 3 aromatic rings. The number of pyridine rings is 1. The number of ether oxygens (including phenoxy) is 1. The zero-order valence-corrected chi connectivity index (χ0v) is 22.4.